The van der Waals surface area contributed by atoms with Gasteiger partial charge in [0, 0.05) is 12.2 Å². The van der Waals surface area contributed by atoms with E-state index in [0.29, 0.717) is 12.2 Å². The lowest BCUT2D eigenvalue weighted by molar-refractivity contribution is -0.113. The molecule has 7 heteroatoms. The monoisotopic (exact) mass is 283 g/mol. The zero-order chi connectivity index (χ0) is 13.7. The van der Waals surface area contributed by atoms with Gasteiger partial charge < -0.3 is 16.0 Å². The number of carbonyl (C=O) groups excluding carboxylic acids is 2. The maximum atomic E-state index is 12.7. The molecule has 0 aromatic heterocycles. The van der Waals surface area contributed by atoms with Crippen molar-refractivity contribution in [1.29, 1.82) is 0 Å². The van der Waals surface area contributed by atoms with E-state index in [4.69, 9.17) is 0 Å². The van der Waals surface area contributed by atoms with Crippen LogP contribution in [0, 0.1) is 5.82 Å². The van der Waals surface area contributed by atoms with Crippen molar-refractivity contribution in [3.8, 4) is 0 Å². The summed E-state index contributed by atoms with van der Waals surface area (Å²) < 4.78 is 12.7. The summed E-state index contributed by atoms with van der Waals surface area (Å²) in [4.78, 5) is 22.7. The second kappa shape index (κ2) is 6.42. The van der Waals surface area contributed by atoms with Gasteiger partial charge in [0.15, 0.2) is 0 Å². The van der Waals surface area contributed by atoms with Crippen LogP contribution in [-0.2, 0) is 4.79 Å². The van der Waals surface area contributed by atoms with Gasteiger partial charge in [-0.15, -0.1) is 11.8 Å². The predicted molar refractivity (Wildman–Crippen MR) is 72.4 cm³/mol. The number of rotatable bonds is 4. The first kappa shape index (κ1) is 13.7. The van der Waals surface area contributed by atoms with Crippen molar-refractivity contribution in [3.63, 3.8) is 0 Å². The summed E-state index contributed by atoms with van der Waals surface area (Å²) >= 11 is 1.37. The third-order valence-electron chi connectivity index (χ3n) is 2.53. The molecule has 1 aliphatic heterocycles. The summed E-state index contributed by atoms with van der Waals surface area (Å²) in [5.41, 5.74) is 0.557. The standard InChI is InChI=1S/C12H14FN3O2S/c13-8-1-3-9(4-2-8)15-10(17)7-19-11-5-6-14-12(18)16-11/h1-4,11H,5-7H2,(H,15,17)(H2,14,16,18). The van der Waals surface area contributed by atoms with Crippen molar-refractivity contribution >= 4 is 29.4 Å². The average Bonchev–Trinajstić information content (AvgIpc) is 2.39. The maximum absolute atomic E-state index is 12.7. The largest absolute Gasteiger partial charge is 0.338 e. The Hall–Kier alpha value is -1.76. The van der Waals surface area contributed by atoms with E-state index >= 15 is 0 Å². The van der Waals surface area contributed by atoms with Crippen LogP contribution in [0.1, 0.15) is 6.42 Å². The third-order valence-corrected chi connectivity index (χ3v) is 3.71. The van der Waals surface area contributed by atoms with Gasteiger partial charge in [0.1, 0.15) is 5.82 Å². The predicted octanol–water partition coefficient (Wildman–Crippen LogP) is 1.53. The molecule has 3 N–H and O–H groups in total. The fraction of sp³-hybridized carbons (Fsp3) is 0.333. The first-order chi connectivity index (χ1) is 9.13. The maximum Gasteiger partial charge on any atom is 0.315 e. The van der Waals surface area contributed by atoms with Crippen LogP contribution in [0.4, 0.5) is 14.9 Å². The number of carbonyl (C=O) groups is 2. The Morgan fingerprint density at radius 1 is 1.42 bits per heavy atom. The molecule has 3 amide bonds. The molecule has 1 unspecified atom stereocenters. The highest BCUT2D eigenvalue weighted by Crippen LogP contribution is 2.15. The van der Waals surface area contributed by atoms with Crippen molar-refractivity contribution in [2.45, 2.75) is 11.8 Å². The molecule has 0 aliphatic carbocycles. The van der Waals surface area contributed by atoms with Crippen LogP contribution in [0.3, 0.4) is 0 Å². The highest BCUT2D eigenvalue weighted by atomic mass is 32.2. The van der Waals surface area contributed by atoms with E-state index in [1.807, 2.05) is 0 Å². The highest BCUT2D eigenvalue weighted by molar-refractivity contribution is 8.00. The van der Waals surface area contributed by atoms with Crippen molar-refractivity contribution in [3.05, 3.63) is 30.1 Å². The number of amides is 3. The van der Waals surface area contributed by atoms with E-state index in [0.717, 1.165) is 6.42 Å². The lowest BCUT2D eigenvalue weighted by Gasteiger charge is -2.23. The molecule has 102 valence electrons. The fourth-order valence-corrected chi connectivity index (χ4v) is 2.52. The second-order valence-electron chi connectivity index (χ2n) is 4.04. The number of halogens is 1. The van der Waals surface area contributed by atoms with E-state index in [-0.39, 0.29) is 28.9 Å². The lowest BCUT2D eigenvalue weighted by atomic mass is 10.3. The van der Waals surface area contributed by atoms with Gasteiger partial charge in [-0.1, -0.05) is 0 Å². The second-order valence-corrected chi connectivity index (χ2v) is 5.23. The SMILES string of the molecule is O=C(CSC1CCNC(=O)N1)Nc1ccc(F)cc1. The van der Waals surface area contributed by atoms with Crippen LogP contribution >= 0.6 is 11.8 Å². The van der Waals surface area contributed by atoms with Gasteiger partial charge in [-0.2, -0.15) is 0 Å². The Bertz CT molecular complexity index is 467. The van der Waals surface area contributed by atoms with Gasteiger partial charge in [-0.3, -0.25) is 4.79 Å². The average molecular weight is 283 g/mol. The van der Waals surface area contributed by atoms with Gasteiger partial charge in [-0.25, -0.2) is 9.18 Å². The van der Waals surface area contributed by atoms with E-state index < -0.39 is 0 Å². The summed E-state index contributed by atoms with van der Waals surface area (Å²) in [5, 5.41) is 7.99. The Morgan fingerprint density at radius 2 is 2.16 bits per heavy atom. The van der Waals surface area contributed by atoms with Crippen molar-refractivity contribution in [2.75, 3.05) is 17.6 Å². The first-order valence-corrected chi connectivity index (χ1v) is 6.90. The minimum Gasteiger partial charge on any atom is -0.338 e. The smallest absolute Gasteiger partial charge is 0.315 e. The van der Waals surface area contributed by atoms with E-state index in [1.165, 1.54) is 36.0 Å². The summed E-state index contributed by atoms with van der Waals surface area (Å²) in [6, 6.07) is 5.38. The van der Waals surface area contributed by atoms with Crippen molar-refractivity contribution in [2.24, 2.45) is 0 Å². The number of hydrogen-bond donors (Lipinski definition) is 3. The molecule has 2 rings (SSSR count). The van der Waals surface area contributed by atoms with Crippen LogP contribution in [-0.4, -0.2) is 29.6 Å². The molecule has 1 aromatic carbocycles. The molecule has 0 saturated carbocycles. The van der Waals surface area contributed by atoms with E-state index in [2.05, 4.69) is 16.0 Å². The van der Waals surface area contributed by atoms with E-state index in [1.54, 1.807) is 0 Å². The molecule has 19 heavy (non-hydrogen) atoms. The number of urea groups is 1. The third kappa shape index (κ3) is 4.44. The lowest BCUT2D eigenvalue weighted by Crippen LogP contribution is -2.48. The molecule has 1 fully saturated rings. The number of anilines is 1. The van der Waals surface area contributed by atoms with Crippen LogP contribution in [0.5, 0.6) is 0 Å². The number of benzene rings is 1. The fourth-order valence-electron chi connectivity index (χ4n) is 1.62. The number of thioether (sulfide) groups is 1. The molecule has 1 atom stereocenters. The number of nitrogens with one attached hydrogen (secondary N) is 3. The zero-order valence-corrected chi connectivity index (χ0v) is 10.9. The molecule has 5 nitrogen and oxygen atoms in total. The van der Waals surface area contributed by atoms with E-state index in [9.17, 15) is 14.0 Å². The first-order valence-electron chi connectivity index (χ1n) is 5.85. The molecular weight excluding hydrogens is 269 g/mol. The Balaban J connectivity index is 1.75. The van der Waals surface area contributed by atoms with Crippen LogP contribution < -0.4 is 16.0 Å². The summed E-state index contributed by atoms with van der Waals surface area (Å²) in [7, 11) is 0. The topological polar surface area (TPSA) is 70.2 Å². The van der Waals surface area contributed by atoms with Gasteiger partial charge in [0.25, 0.3) is 0 Å². The van der Waals surface area contributed by atoms with Crippen molar-refractivity contribution in [1.82, 2.24) is 10.6 Å². The molecule has 0 bridgehead atoms. The van der Waals surface area contributed by atoms with Crippen LogP contribution in [0.15, 0.2) is 24.3 Å². The minimum absolute atomic E-state index is 0.0484. The molecule has 0 spiro atoms. The van der Waals surface area contributed by atoms with Gasteiger partial charge in [0.2, 0.25) is 5.91 Å². The normalized spacial score (nSPS) is 18.4. The van der Waals surface area contributed by atoms with Gasteiger partial charge in [-0.05, 0) is 30.7 Å². The van der Waals surface area contributed by atoms with Crippen LogP contribution in [0.25, 0.3) is 0 Å². The molecule has 1 heterocycles. The highest BCUT2D eigenvalue weighted by Gasteiger charge is 2.18. The number of hydrogen-bond acceptors (Lipinski definition) is 3. The van der Waals surface area contributed by atoms with Crippen LogP contribution in [0.2, 0.25) is 0 Å². The minimum atomic E-state index is -0.343. The quantitative estimate of drug-likeness (QED) is 0.785. The summed E-state index contributed by atoms with van der Waals surface area (Å²) in [5.74, 6) is -0.281. The Kier molecular flexibility index (Phi) is 4.62. The Labute approximate surface area is 114 Å². The summed E-state index contributed by atoms with van der Waals surface area (Å²) in [6.45, 7) is 0.614. The molecule has 1 aromatic rings. The van der Waals surface area contributed by atoms with Gasteiger partial charge >= 0.3 is 6.03 Å². The van der Waals surface area contributed by atoms with Gasteiger partial charge in [0.05, 0.1) is 11.1 Å². The zero-order valence-electron chi connectivity index (χ0n) is 10.1. The summed E-state index contributed by atoms with van der Waals surface area (Å²) in [6.07, 6.45) is 0.778. The Morgan fingerprint density at radius 3 is 2.84 bits per heavy atom. The molecule has 0 radical (unpaired) electrons. The van der Waals surface area contributed by atoms with Crippen molar-refractivity contribution < 1.29 is 14.0 Å². The molecular formula is C12H14FN3O2S. The molecule has 1 saturated heterocycles. The molecule has 1 aliphatic rings.